The molecule has 0 heteroatoms. The van der Waals surface area contributed by atoms with Crippen molar-refractivity contribution in [1.29, 1.82) is 0 Å². The average Bonchev–Trinajstić information content (AvgIpc) is 3.04. The lowest BCUT2D eigenvalue weighted by molar-refractivity contribution is 0.475. The molecular weight excluding hydrogens is 288 g/mol. The van der Waals surface area contributed by atoms with Crippen molar-refractivity contribution in [1.82, 2.24) is 0 Å². The zero-order valence-corrected chi connectivity index (χ0v) is 14.5. The summed E-state index contributed by atoms with van der Waals surface area (Å²) in [7, 11) is 0. The number of hydrogen-bond acceptors (Lipinski definition) is 0. The van der Waals surface area contributed by atoms with E-state index in [0.29, 0.717) is 0 Å². The van der Waals surface area contributed by atoms with E-state index in [0.717, 1.165) is 19.3 Å². The zero-order valence-electron chi connectivity index (χ0n) is 14.5. The minimum atomic E-state index is 0.106. The maximum absolute atomic E-state index is 2.37. The van der Waals surface area contributed by atoms with E-state index in [1.54, 1.807) is 0 Å². The van der Waals surface area contributed by atoms with Crippen molar-refractivity contribution in [2.45, 2.75) is 38.5 Å². The van der Waals surface area contributed by atoms with Crippen LogP contribution in [0.4, 0.5) is 0 Å². The molecule has 0 heterocycles. The largest absolute Gasteiger partial charge is 0.0642 e. The Morgan fingerprint density at radius 2 is 1.38 bits per heavy atom. The Balaban J connectivity index is 1.94. The Morgan fingerprint density at radius 1 is 0.708 bits per heavy atom. The standard InChI is InChI=1S/C24H24/c1-3-24(4-2,19-12-6-5-7-13-19)23-16-10-15-21-20-14-9-8-11-18(20)17-22(21)23/h5-16H,3-4,17H2,1-2H3. The molecule has 0 unspecified atom stereocenters. The minimum Gasteiger partial charge on any atom is -0.0642 e. The van der Waals surface area contributed by atoms with Crippen LogP contribution in [0.1, 0.15) is 48.9 Å². The van der Waals surface area contributed by atoms with Gasteiger partial charge in [-0.2, -0.15) is 0 Å². The van der Waals surface area contributed by atoms with Gasteiger partial charge in [0.05, 0.1) is 0 Å². The van der Waals surface area contributed by atoms with Gasteiger partial charge >= 0.3 is 0 Å². The number of hydrogen-bond donors (Lipinski definition) is 0. The molecule has 24 heavy (non-hydrogen) atoms. The van der Waals surface area contributed by atoms with E-state index in [2.05, 4.69) is 86.6 Å². The molecule has 0 saturated heterocycles. The lowest BCUT2D eigenvalue weighted by Crippen LogP contribution is -2.27. The Bertz CT molecular complexity index is 854. The maximum Gasteiger partial charge on any atom is 0.0200 e. The Kier molecular flexibility index (Phi) is 3.76. The van der Waals surface area contributed by atoms with Crippen LogP contribution in [-0.2, 0) is 11.8 Å². The molecule has 0 aliphatic heterocycles. The van der Waals surface area contributed by atoms with E-state index in [4.69, 9.17) is 0 Å². The second kappa shape index (κ2) is 5.94. The summed E-state index contributed by atoms with van der Waals surface area (Å²) in [5, 5.41) is 0. The van der Waals surface area contributed by atoms with Gasteiger partial charge < -0.3 is 0 Å². The Hall–Kier alpha value is -2.34. The minimum absolute atomic E-state index is 0.106. The van der Waals surface area contributed by atoms with E-state index >= 15 is 0 Å². The normalized spacial score (nSPS) is 12.8. The summed E-state index contributed by atoms with van der Waals surface area (Å²) >= 11 is 0. The van der Waals surface area contributed by atoms with Gasteiger partial charge in [0.2, 0.25) is 0 Å². The topological polar surface area (TPSA) is 0 Å². The molecule has 1 aliphatic rings. The van der Waals surface area contributed by atoms with Gasteiger partial charge in [-0.25, -0.2) is 0 Å². The average molecular weight is 312 g/mol. The first-order valence-electron chi connectivity index (χ1n) is 9.06. The van der Waals surface area contributed by atoms with Gasteiger partial charge in [0.25, 0.3) is 0 Å². The van der Waals surface area contributed by atoms with E-state index < -0.39 is 0 Å². The van der Waals surface area contributed by atoms with Crippen molar-refractivity contribution in [2.75, 3.05) is 0 Å². The lowest BCUT2D eigenvalue weighted by Gasteiger charge is -2.35. The summed E-state index contributed by atoms with van der Waals surface area (Å²) < 4.78 is 0. The third-order valence-electron chi connectivity index (χ3n) is 5.90. The van der Waals surface area contributed by atoms with Crippen molar-refractivity contribution in [3.8, 4) is 11.1 Å². The molecule has 0 N–H and O–H groups in total. The van der Waals surface area contributed by atoms with E-state index in [-0.39, 0.29) is 5.41 Å². The van der Waals surface area contributed by atoms with Gasteiger partial charge in [0.1, 0.15) is 0 Å². The molecule has 4 rings (SSSR count). The van der Waals surface area contributed by atoms with E-state index in [9.17, 15) is 0 Å². The summed E-state index contributed by atoms with van der Waals surface area (Å²) in [5.74, 6) is 0. The summed E-state index contributed by atoms with van der Waals surface area (Å²) in [6.07, 6.45) is 3.32. The third-order valence-corrected chi connectivity index (χ3v) is 5.90. The van der Waals surface area contributed by atoms with Crippen LogP contribution in [0, 0.1) is 0 Å². The molecule has 0 bridgehead atoms. The van der Waals surface area contributed by atoms with Gasteiger partial charge in [0, 0.05) is 5.41 Å². The first-order valence-corrected chi connectivity index (χ1v) is 9.06. The van der Waals surface area contributed by atoms with Crippen LogP contribution >= 0.6 is 0 Å². The van der Waals surface area contributed by atoms with Crippen LogP contribution in [0.5, 0.6) is 0 Å². The predicted octanol–water partition coefficient (Wildman–Crippen LogP) is 6.36. The molecule has 1 aliphatic carbocycles. The molecule has 0 atom stereocenters. The zero-order chi connectivity index (χ0) is 16.6. The van der Waals surface area contributed by atoms with Gasteiger partial charge in [-0.3, -0.25) is 0 Å². The Morgan fingerprint density at radius 3 is 2.12 bits per heavy atom. The van der Waals surface area contributed by atoms with Crippen LogP contribution in [0.3, 0.4) is 0 Å². The first kappa shape index (κ1) is 15.2. The molecule has 3 aromatic rings. The van der Waals surface area contributed by atoms with Crippen LogP contribution in [-0.4, -0.2) is 0 Å². The molecule has 0 aromatic heterocycles. The van der Waals surface area contributed by atoms with E-state index in [1.807, 2.05) is 0 Å². The summed E-state index contributed by atoms with van der Waals surface area (Å²) in [5.41, 5.74) is 8.93. The van der Waals surface area contributed by atoms with Crippen LogP contribution in [0.2, 0.25) is 0 Å². The van der Waals surface area contributed by atoms with Gasteiger partial charge in [-0.1, -0.05) is 86.6 Å². The molecule has 0 radical (unpaired) electrons. The number of rotatable bonds is 4. The van der Waals surface area contributed by atoms with Crippen LogP contribution < -0.4 is 0 Å². The van der Waals surface area contributed by atoms with Gasteiger partial charge in [-0.15, -0.1) is 0 Å². The summed E-state index contributed by atoms with van der Waals surface area (Å²) in [4.78, 5) is 0. The van der Waals surface area contributed by atoms with Crippen molar-refractivity contribution in [3.63, 3.8) is 0 Å². The van der Waals surface area contributed by atoms with Gasteiger partial charge in [0.15, 0.2) is 0 Å². The molecule has 0 saturated carbocycles. The molecule has 0 spiro atoms. The summed E-state index contributed by atoms with van der Waals surface area (Å²) in [6, 6.07) is 26.8. The molecule has 120 valence electrons. The highest BCUT2D eigenvalue weighted by Crippen LogP contribution is 2.46. The van der Waals surface area contributed by atoms with Crippen molar-refractivity contribution < 1.29 is 0 Å². The predicted molar refractivity (Wildman–Crippen MR) is 102 cm³/mol. The fourth-order valence-corrected chi connectivity index (χ4v) is 4.56. The highest BCUT2D eigenvalue weighted by atomic mass is 14.4. The second-order valence-corrected chi connectivity index (χ2v) is 6.82. The SMILES string of the molecule is CCC(CC)(c1ccccc1)c1cccc2c1Cc1ccccc1-2. The summed E-state index contributed by atoms with van der Waals surface area (Å²) in [6.45, 7) is 4.66. The molecule has 3 aromatic carbocycles. The lowest BCUT2D eigenvalue weighted by atomic mass is 9.68. The fraction of sp³-hybridized carbons (Fsp3) is 0.250. The number of fused-ring (bicyclic) bond motifs is 3. The third kappa shape index (κ3) is 2.13. The monoisotopic (exact) mass is 312 g/mol. The fourth-order valence-electron chi connectivity index (χ4n) is 4.56. The quantitative estimate of drug-likeness (QED) is 0.411. The first-order chi connectivity index (χ1) is 11.8. The highest BCUT2D eigenvalue weighted by molar-refractivity contribution is 5.78. The molecular formula is C24H24. The van der Waals surface area contributed by atoms with Crippen molar-refractivity contribution in [2.24, 2.45) is 0 Å². The van der Waals surface area contributed by atoms with Crippen LogP contribution in [0.15, 0.2) is 72.8 Å². The Labute approximate surface area is 145 Å². The maximum atomic E-state index is 2.37. The van der Waals surface area contributed by atoms with E-state index in [1.165, 1.54) is 33.4 Å². The van der Waals surface area contributed by atoms with Crippen molar-refractivity contribution in [3.05, 3.63) is 95.1 Å². The van der Waals surface area contributed by atoms with Crippen LogP contribution in [0.25, 0.3) is 11.1 Å². The highest BCUT2D eigenvalue weighted by Gasteiger charge is 2.34. The molecule has 0 amide bonds. The second-order valence-electron chi connectivity index (χ2n) is 6.82. The molecule has 0 nitrogen and oxygen atoms in total. The number of benzene rings is 3. The van der Waals surface area contributed by atoms with Gasteiger partial charge in [-0.05, 0) is 52.6 Å². The smallest absolute Gasteiger partial charge is 0.0200 e. The molecule has 0 fully saturated rings. The van der Waals surface area contributed by atoms with Crippen molar-refractivity contribution >= 4 is 0 Å².